The van der Waals surface area contributed by atoms with E-state index in [1.165, 1.54) is 44.5 Å². The maximum atomic E-state index is 12.3. The van der Waals surface area contributed by atoms with Gasteiger partial charge in [0.25, 0.3) is 0 Å². The number of carbonyl (C=O) groups is 1. The van der Waals surface area contributed by atoms with E-state index in [0.717, 1.165) is 16.7 Å². The molecule has 0 aromatic heterocycles. The third-order valence-corrected chi connectivity index (χ3v) is 6.99. The van der Waals surface area contributed by atoms with Crippen molar-refractivity contribution in [1.82, 2.24) is 0 Å². The Bertz CT molecular complexity index is 1330. The van der Waals surface area contributed by atoms with Crippen molar-refractivity contribution in [3.63, 3.8) is 0 Å². The average Bonchev–Trinajstić information content (AvgIpc) is 3.25. The van der Waals surface area contributed by atoms with Crippen LogP contribution in [0.15, 0.2) is 91.5 Å². The van der Waals surface area contributed by atoms with Gasteiger partial charge in [0.1, 0.15) is 0 Å². The minimum atomic E-state index is -0.422. The molecule has 0 heterocycles. The number of fused-ring (bicyclic) bond motifs is 10. The SMILES string of the molecule is C=C(C)c1ccc2c(c1)[C@]1(c3ccccc3-2)c2ccccc2-c2ccc(C(C)=O)cc21. The van der Waals surface area contributed by atoms with Crippen LogP contribution in [0.3, 0.4) is 0 Å². The Kier molecular flexibility index (Phi) is 3.59. The molecule has 1 spiro atoms. The number of Topliss-reactive ketones (excluding diaryl/α,β-unsaturated/α-hetero) is 1. The largest absolute Gasteiger partial charge is 0.295 e. The van der Waals surface area contributed by atoms with Gasteiger partial charge in [0.2, 0.25) is 0 Å². The molecule has 4 aromatic rings. The molecule has 2 aliphatic carbocycles. The number of ketones is 1. The molecule has 6 rings (SSSR count). The van der Waals surface area contributed by atoms with E-state index in [4.69, 9.17) is 0 Å². The van der Waals surface area contributed by atoms with Crippen molar-refractivity contribution in [3.05, 3.63) is 125 Å². The van der Waals surface area contributed by atoms with Crippen LogP contribution in [0.2, 0.25) is 0 Å². The van der Waals surface area contributed by atoms with Crippen LogP contribution in [0.1, 0.15) is 52.0 Å². The third kappa shape index (κ3) is 2.18. The summed E-state index contributed by atoms with van der Waals surface area (Å²) in [5.41, 5.74) is 12.6. The summed E-state index contributed by atoms with van der Waals surface area (Å²) in [5, 5.41) is 0. The Morgan fingerprint density at radius 3 is 1.58 bits per heavy atom. The van der Waals surface area contributed by atoms with E-state index in [1.54, 1.807) is 6.92 Å². The summed E-state index contributed by atoms with van der Waals surface area (Å²) in [6.45, 7) is 7.90. The van der Waals surface area contributed by atoms with Crippen LogP contribution in [0.5, 0.6) is 0 Å². The number of rotatable bonds is 2. The molecule has 0 unspecified atom stereocenters. The Morgan fingerprint density at radius 2 is 1.06 bits per heavy atom. The summed E-state index contributed by atoms with van der Waals surface area (Å²) in [6, 6.07) is 30.3. The Hall–Kier alpha value is -3.71. The van der Waals surface area contributed by atoms with E-state index in [2.05, 4.69) is 92.4 Å². The van der Waals surface area contributed by atoms with E-state index in [1.807, 2.05) is 6.07 Å². The van der Waals surface area contributed by atoms with Crippen LogP contribution in [0.25, 0.3) is 27.8 Å². The van der Waals surface area contributed by atoms with E-state index in [-0.39, 0.29) is 5.78 Å². The molecule has 0 bridgehead atoms. The maximum Gasteiger partial charge on any atom is 0.159 e. The van der Waals surface area contributed by atoms with E-state index in [0.29, 0.717) is 0 Å². The average molecular weight is 399 g/mol. The van der Waals surface area contributed by atoms with Crippen molar-refractivity contribution in [1.29, 1.82) is 0 Å². The molecule has 0 fully saturated rings. The predicted molar refractivity (Wildman–Crippen MR) is 127 cm³/mol. The van der Waals surface area contributed by atoms with Crippen LogP contribution in [0, 0.1) is 0 Å². The first-order valence-electron chi connectivity index (χ1n) is 10.7. The second-order valence-electron chi connectivity index (χ2n) is 8.70. The molecule has 1 heteroatoms. The van der Waals surface area contributed by atoms with Crippen molar-refractivity contribution in [3.8, 4) is 22.3 Å². The van der Waals surface area contributed by atoms with Gasteiger partial charge in [-0.15, -0.1) is 0 Å². The van der Waals surface area contributed by atoms with Crippen LogP contribution in [-0.2, 0) is 5.41 Å². The minimum Gasteiger partial charge on any atom is -0.295 e. The molecule has 1 atom stereocenters. The van der Waals surface area contributed by atoms with Gasteiger partial charge in [-0.25, -0.2) is 0 Å². The highest BCUT2D eigenvalue weighted by Gasteiger charge is 2.51. The summed E-state index contributed by atoms with van der Waals surface area (Å²) >= 11 is 0. The van der Waals surface area contributed by atoms with Crippen LogP contribution >= 0.6 is 0 Å². The van der Waals surface area contributed by atoms with Crippen LogP contribution in [-0.4, -0.2) is 5.78 Å². The highest BCUT2D eigenvalue weighted by molar-refractivity contribution is 5.99. The first-order valence-corrected chi connectivity index (χ1v) is 10.7. The first-order chi connectivity index (χ1) is 15.0. The molecule has 1 nitrogen and oxygen atoms in total. The number of allylic oxidation sites excluding steroid dienone is 1. The maximum absolute atomic E-state index is 12.3. The number of benzene rings is 4. The molecular formula is C30H22O. The molecule has 0 radical (unpaired) electrons. The third-order valence-electron chi connectivity index (χ3n) is 6.99. The van der Waals surface area contributed by atoms with Gasteiger partial charge in [0.15, 0.2) is 5.78 Å². The van der Waals surface area contributed by atoms with Crippen molar-refractivity contribution in [2.75, 3.05) is 0 Å². The smallest absolute Gasteiger partial charge is 0.159 e. The minimum absolute atomic E-state index is 0.0936. The zero-order valence-corrected chi connectivity index (χ0v) is 17.7. The van der Waals surface area contributed by atoms with Crippen molar-refractivity contribution >= 4 is 11.4 Å². The lowest BCUT2D eigenvalue weighted by Crippen LogP contribution is -2.26. The van der Waals surface area contributed by atoms with Crippen LogP contribution in [0.4, 0.5) is 0 Å². The summed E-state index contributed by atoms with van der Waals surface area (Å²) in [4.78, 5) is 12.3. The second kappa shape index (κ2) is 6.15. The van der Waals surface area contributed by atoms with Crippen molar-refractivity contribution in [2.45, 2.75) is 19.3 Å². The number of carbonyl (C=O) groups excluding carboxylic acids is 1. The molecule has 0 saturated carbocycles. The van der Waals surface area contributed by atoms with Gasteiger partial charge in [-0.2, -0.15) is 0 Å². The van der Waals surface area contributed by atoms with Gasteiger partial charge in [0, 0.05) is 5.56 Å². The van der Waals surface area contributed by atoms with E-state index in [9.17, 15) is 4.79 Å². The van der Waals surface area contributed by atoms with E-state index >= 15 is 0 Å². The highest BCUT2D eigenvalue weighted by atomic mass is 16.1. The van der Waals surface area contributed by atoms with Gasteiger partial charge in [0.05, 0.1) is 5.41 Å². The molecule has 31 heavy (non-hydrogen) atoms. The second-order valence-corrected chi connectivity index (χ2v) is 8.70. The lowest BCUT2D eigenvalue weighted by Gasteiger charge is -2.31. The van der Waals surface area contributed by atoms with Crippen LogP contribution < -0.4 is 0 Å². The Balaban J connectivity index is 1.83. The fourth-order valence-corrected chi connectivity index (χ4v) is 5.62. The summed E-state index contributed by atoms with van der Waals surface area (Å²) in [7, 11) is 0. The Morgan fingerprint density at radius 1 is 0.613 bits per heavy atom. The standard InChI is InChI=1S/C30H22O/c1-18(2)20-12-14-24-22-8-4-6-10-26(22)30(28(24)16-20)27-11-7-5-9-23(27)25-15-13-21(19(3)31)17-29(25)30/h4-17H,1H2,2-3H3/t30-/m0/s1. The van der Waals surface area contributed by atoms with E-state index < -0.39 is 5.41 Å². The number of hydrogen-bond acceptors (Lipinski definition) is 1. The first kappa shape index (κ1) is 18.1. The zero-order valence-electron chi connectivity index (χ0n) is 17.7. The monoisotopic (exact) mass is 398 g/mol. The van der Waals surface area contributed by atoms with Crippen molar-refractivity contribution in [2.24, 2.45) is 0 Å². The summed E-state index contributed by atoms with van der Waals surface area (Å²) in [6.07, 6.45) is 0. The van der Waals surface area contributed by atoms with Gasteiger partial charge >= 0.3 is 0 Å². The van der Waals surface area contributed by atoms with Gasteiger partial charge < -0.3 is 0 Å². The van der Waals surface area contributed by atoms with Crippen molar-refractivity contribution < 1.29 is 4.79 Å². The highest BCUT2D eigenvalue weighted by Crippen LogP contribution is 2.62. The molecular weight excluding hydrogens is 376 g/mol. The quantitative estimate of drug-likeness (QED) is 0.280. The zero-order chi connectivity index (χ0) is 21.3. The molecule has 0 aliphatic heterocycles. The molecule has 0 N–H and O–H groups in total. The molecule has 148 valence electrons. The summed E-state index contributed by atoms with van der Waals surface area (Å²) < 4.78 is 0. The number of hydrogen-bond donors (Lipinski definition) is 0. The van der Waals surface area contributed by atoms with Gasteiger partial charge in [-0.1, -0.05) is 84.9 Å². The normalized spacial score (nSPS) is 17.1. The fourth-order valence-electron chi connectivity index (χ4n) is 5.62. The van der Waals surface area contributed by atoms with Gasteiger partial charge in [-0.3, -0.25) is 4.79 Å². The fraction of sp³-hybridized carbons (Fsp3) is 0.100. The lowest BCUT2D eigenvalue weighted by atomic mass is 9.70. The molecule has 2 aliphatic rings. The topological polar surface area (TPSA) is 17.1 Å². The molecule has 4 aromatic carbocycles. The predicted octanol–water partition coefficient (Wildman–Crippen LogP) is 7.27. The summed E-state index contributed by atoms with van der Waals surface area (Å²) in [5.74, 6) is 0.0936. The Labute approximate surface area is 182 Å². The lowest BCUT2D eigenvalue weighted by molar-refractivity contribution is 0.101. The van der Waals surface area contributed by atoms with Gasteiger partial charge in [-0.05, 0) is 76.1 Å². The molecule has 0 saturated heterocycles. The molecule has 0 amide bonds.